The molecule has 1 aromatic heterocycles. The summed E-state index contributed by atoms with van der Waals surface area (Å²) in [6, 6.07) is 2.85. The van der Waals surface area contributed by atoms with Gasteiger partial charge in [0.1, 0.15) is 5.82 Å². The van der Waals surface area contributed by atoms with Crippen molar-refractivity contribution in [1.82, 2.24) is 10.3 Å². The van der Waals surface area contributed by atoms with Gasteiger partial charge in [0.15, 0.2) is 6.10 Å². The lowest BCUT2D eigenvalue weighted by Gasteiger charge is -2.39. The highest BCUT2D eigenvalue weighted by molar-refractivity contribution is 5.65. The van der Waals surface area contributed by atoms with Gasteiger partial charge in [0.25, 0.3) is 0 Å². The minimum Gasteiger partial charge on any atom is -0.465 e. The van der Waals surface area contributed by atoms with Crippen molar-refractivity contribution in [3.8, 4) is 0 Å². The molecule has 1 aromatic rings. The fourth-order valence-electron chi connectivity index (χ4n) is 3.74. The number of aliphatic hydroxyl groups excluding tert-OH is 1. The van der Waals surface area contributed by atoms with Crippen LogP contribution < -0.4 is 10.2 Å². The second-order valence-electron chi connectivity index (χ2n) is 6.30. The molecule has 3 N–H and O–H groups in total. The number of amides is 1. The highest BCUT2D eigenvalue weighted by Gasteiger charge is 2.42. The quantitative estimate of drug-likeness (QED) is 0.783. The Balaban J connectivity index is 1.73. The maximum atomic E-state index is 12.5. The molecule has 0 aliphatic carbocycles. The molecule has 4 atom stereocenters. The molecule has 6 nitrogen and oxygen atoms in total. The van der Waals surface area contributed by atoms with E-state index in [1.807, 2.05) is 0 Å². The number of nitrogens with zero attached hydrogens (tertiary/aromatic N) is 2. The third kappa shape index (κ3) is 3.26. The highest BCUT2D eigenvalue weighted by Crippen LogP contribution is 2.39. The Hall–Kier alpha value is -2.03. The number of aromatic nitrogens is 1. The van der Waals surface area contributed by atoms with Crippen LogP contribution in [0.15, 0.2) is 18.3 Å². The van der Waals surface area contributed by atoms with Crippen molar-refractivity contribution in [3.63, 3.8) is 0 Å². The van der Waals surface area contributed by atoms with E-state index in [1.54, 1.807) is 0 Å². The van der Waals surface area contributed by atoms with E-state index in [-0.39, 0.29) is 23.7 Å². The second kappa shape index (κ2) is 6.12. The van der Waals surface area contributed by atoms with Gasteiger partial charge in [-0.15, -0.1) is 0 Å². The zero-order valence-corrected chi connectivity index (χ0v) is 12.7. The van der Waals surface area contributed by atoms with Gasteiger partial charge in [-0.2, -0.15) is 13.2 Å². The first-order chi connectivity index (χ1) is 11.3. The van der Waals surface area contributed by atoms with Gasteiger partial charge in [0.05, 0.1) is 0 Å². The molecule has 0 radical (unpaired) electrons. The molecule has 2 fully saturated rings. The third-order valence-corrected chi connectivity index (χ3v) is 4.72. The summed E-state index contributed by atoms with van der Waals surface area (Å²) < 4.78 is 37.6. The Kier molecular flexibility index (Phi) is 4.29. The summed E-state index contributed by atoms with van der Waals surface area (Å²) in [6.45, 7) is 0. The van der Waals surface area contributed by atoms with Crippen LogP contribution in [0.25, 0.3) is 0 Å². The van der Waals surface area contributed by atoms with Gasteiger partial charge in [-0.3, -0.25) is 0 Å². The van der Waals surface area contributed by atoms with E-state index < -0.39 is 18.4 Å². The highest BCUT2D eigenvalue weighted by atomic mass is 19.4. The van der Waals surface area contributed by atoms with Crippen molar-refractivity contribution in [2.75, 3.05) is 4.90 Å². The number of carboxylic acid groups (broad SMARTS) is 1. The molecule has 9 heteroatoms. The molecule has 0 aromatic carbocycles. The largest absolute Gasteiger partial charge is 0.465 e. The zero-order valence-electron chi connectivity index (χ0n) is 12.7. The minimum atomic E-state index is -4.72. The number of nitrogens with one attached hydrogen (secondary N) is 1. The van der Waals surface area contributed by atoms with Gasteiger partial charge in [-0.1, -0.05) is 6.07 Å². The number of anilines is 1. The Morgan fingerprint density at radius 2 is 1.92 bits per heavy atom. The van der Waals surface area contributed by atoms with Crippen LogP contribution >= 0.6 is 0 Å². The summed E-state index contributed by atoms with van der Waals surface area (Å²) in [4.78, 5) is 16.9. The van der Waals surface area contributed by atoms with E-state index in [9.17, 15) is 23.1 Å². The van der Waals surface area contributed by atoms with Gasteiger partial charge in [0, 0.05) is 29.9 Å². The lowest BCUT2D eigenvalue weighted by molar-refractivity contribution is -0.206. The second-order valence-corrected chi connectivity index (χ2v) is 6.30. The smallest absolute Gasteiger partial charge is 0.418 e. The summed E-state index contributed by atoms with van der Waals surface area (Å²) in [5, 5.41) is 20.6. The molecule has 1 amide bonds. The fourth-order valence-corrected chi connectivity index (χ4v) is 3.74. The van der Waals surface area contributed by atoms with Gasteiger partial charge < -0.3 is 20.4 Å². The Morgan fingerprint density at radius 3 is 2.38 bits per heavy atom. The van der Waals surface area contributed by atoms with E-state index >= 15 is 0 Å². The predicted molar refractivity (Wildman–Crippen MR) is 78.7 cm³/mol. The first-order valence-corrected chi connectivity index (χ1v) is 7.74. The molecular weight excluding hydrogens is 327 g/mol. The van der Waals surface area contributed by atoms with Crippen LogP contribution in [0.5, 0.6) is 0 Å². The average Bonchev–Trinajstić information content (AvgIpc) is 2.76. The van der Waals surface area contributed by atoms with Crippen LogP contribution in [0.4, 0.5) is 23.8 Å². The Labute approximate surface area is 136 Å². The molecule has 24 heavy (non-hydrogen) atoms. The number of rotatable bonds is 3. The van der Waals surface area contributed by atoms with Crippen LogP contribution in [0, 0.1) is 0 Å². The average molecular weight is 345 g/mol. The monoisotopic (exact) mass is 345 g/mol. The molecule has 2 unspecified atom stereocenters. The number of halogens is 3. The standard InChI is InChI=1S/C15H18F3N3O3/c16-15(17,18)13(22)8-1-4-12(19-7-8)21-10-2-3-11(21)6-9(5-10)20-14(23)24/h1,4,7,9-11,13,20,22H,2-3,5-6H2,(H,23,24)/t9?,10-,11+,13?. The van der Waals surface area contributed by atoms with Crippen molar-refractivity contribution in [1.29, 1.82) is 0 Å². The molecule has 2 aliphatic rings. The van der Waals surface area contributed by atoms with E-state index in [0.29, 0.717) is 18.7 Å². The molecule has 0 saturated carbocycles. The maximum Gasteiger partial charge on any atom is 0.418 e. The summed E-state index contributed by atoms with van der Waals surface area (Å²) in [6.07, 6.45) is -4.15. The number of fused-ring (bicyclic) bond motifs is 2. The van der Waals surface area contributed by atoms with Crippen molar-refractivity contribution < 1.29 is 28.2 Å². The molecule has 2 aliphatic heterocycles. The van der Waals surface area contributed by atoms with Crippen LogP contribution in [0.2, 0.25) is 0 Å². The van der Waals surface area contributed by atoms with E-state index in [1.165, 1.54) is 12.1 Å². The number of carbonyl (C=O) groups is 1. The number of hydrogen-bond acceptors (Lipinski definition) is 4. The van der Waals surface area contributed by atoms with Crippen molar-refractivity contribution in [2.45, 2.75) is 56.1 Å². The summed E-state index contributed by atoms with van der Waals surface area (Å²) in [7, 11) is 0. The van der Waals surface area contributed by atoms with Crippen LogP contribution in [-0.4, -0.2) is 45.6 Å². The zero-order chi connectivity index (χ0) is 17.5. The third-order valence-electron chi connectivity index (χ3n) is 4.72. The molecule has 2 bridgehead atoms. The molecule has 0 spiro atoms. The van der Waals surface area contributed by atoms with Gasteiger partial charge in [-0.25, -0.2) is 9.78 Å². The molecule has 2 saturated heterocycles. The summed E-state index contributed by atoms with van der Waals surface area (Å²) >= 11 is 0. The SMILES string of the molecule is O=C(O)NC1C[C@H]2CC[C@@H](C1)N2c1ccc(C(O)C(F)(F)F)cn1. The normalized spacial score (nSPS) is 27.8. The number of pyridine rings is 1. The van der Waals surface area contributed by atoms with Crippen LogP contribution in [0.3, 0.4) is 0 Å². The van der Waals surface area contributed by atoms with E-state index in [0.717, 1.165) is 19.0 Å². The topological polar surface area (TPSA) is 85.7 Å². The molecule has 132 valence electrons. The van der Waals surface area contributed by atoms with Crippen LogP contribution in [0.1, 0.15) is 37.4 Å². The van der Waals surface area contributed by atoms with Gasteiger partial charge in [-0.05, 0) is 31.7 Å². The summed E-state index contributed by atoms with van der Waals surface area (Å²) in [5.41, 5.74) is -0.291. The van der Waals surface area contributed by atoms with Crippen molar-refractivity contribution >= 4 is 11.9 Å². The van der Waals surface area contributed by atoms with Gasteiger partial charge >= 0.3 is 12.3 Å². The van der Waals surface area contributed by atoms with Crippen molar-refractivity contribution in [3.05, 3.63) is 23.9 Å². The minimum absolute atomic E-state index is 0.109. The molecule has 3 rings (SSSR count). The van der Waals surface area contributed by atoms with Crippen molar-refractivity contribution in [2.24, 2.45) is 0 Å². The number of aliphatic hydroxyl groups is 1. The van der Waals surface area contributed by atoms with Crippen LogP contribution in [-0.2, 0) is 0 Å². The van der Waals surface area contributed by atoms with E-state index in [2.05, 4.69) is 15.2 Å². The Bertz CT molecular complexity index is 594. The number of piperidine rings is 1. The lowest BCUT2D eigenvalue weighted by Crippen LogP contribution is -2.50. The lowest BCUT2D eigenvalue weighted by atomic mass is 9.97. The summed E-state index contributed by atoms with van der Waals surface area (Å²) in [5.74, 6) is 0.564. The maximum absolute atomic E-state index is 12.5. The fraction of sp³-hybridized carbons (Fsp3) is 0.600. The first kappa shape index (κ1) is 16.8. The van der Waals surface area contributed by atoms with Gasteiger partial charge in [0.2, 0.25) is 0 Å². The molecule has 3 heterocycles. The Morgan fingerprint density at radius 1 is 1.29 bits per heavy atom. The number of hydrogen-bond donors (Lipinski definition) is 3. The van der Waals surface area contributed by atoms with E-state index in [4.69, 9.17) is 5.11 Å². The molecular formula is C15H18F3N3O3. The first-order valence-electron chi connectivity index (χ1n) is 7.74. The predicted octanol–water partition coefficient (Wildman–Crippen LogP) is 2.44. The number of alkyl halides is 3.